The molecule has 92 valence electrons. The van der Waals surface area contributed by atoms with Crippen LogP contribution in [-0.4, -0.2) is 15.0 Å². The molecule has 0 bridgehead atoms. The highest BCUT2D eigenvalue weighted by molar-refractivity contribution is 9.11. The number of hydrogen-bond acceptors (Lipinski definition) is 4. The number of thiophene rings is 2. The summed E-state index contributed by atoms with van der Waals surface area (Å²) in [6, 6.07) is 7.30. The Morgan fingerprint density at radius 3 is 2.71 bits per heavy atom. The summed E-state index contributed by atoms with van der Waals surface area (Å²) >= 11 is 6.22. The van der Waals surface area contributed by atoms with Crippen LogP contribution in [0.4, 0.5) is 0 Å². The molecule has 1 N–H and O–H groups in total. The molecule has 0 unspecified atom stereocenters. The third kappa shape index (κ3) is 3.62. The van der Waals surface area contributed by atoms with Gasteiger partial charge in [-0.3, -0.25) is 0 Å². The molecule has 0 saturated carbocycles. The predicted molar refractivity (Wildman–Crippen MR) is 75.2 cm³/mol. The highest BCUT2D eigenvalue weighted by Gasteiger charge is 2.13. The second-order valence-electron chi connectivity index (χ2n) is 3.29. The molecule has 0 fully saturated rings. The minimum atomic E-state index is -3.32. The summed E-state index contributed by atoms with van der Waals surface area (Å²) in [4.78, 5) is 1.16. The van der Waals surface area contributed by atoms with Crippen LogP contribution in [0.1, 0.15) is 4.88 Å². The van der Waals surface area contributed by atoms with E-state index in [1.54, 1.807) is 28.8 Å². The van der Waals surface area contributed by atoms with Crippen molar-refractivity contribution in [2.24, 2.45) is 0 Å². The molecule has 0 amide bonds. The quantitative estimate of drug-likeness (QED) is 0.899. The summed E-state index contributed by atoms with van der Waals surface area (Å²) in [7, 11) is -3.32. The van der Waals surface area contributed by atoms with Crippen molar-refractivity contribution in [2.45, 2.75) is 10.6 Å². The summed E-state index contributed by atoms with van der Waals surface area (Å²) in [5, 5.41) is 1.75. The molecule has 0 spiro atoms. The summed E-state index contributed by atoms with van der Waals surface area (Å²) in [5.41, 5.74) is 0. The fraction of sp³-hybridized carbons (Fsp3) is 0.200. The van der Waals surface area contributed by atoms with Gasteiger partial charge in [0.2, 0.25) is 10.0 Å². The summed E-state index contributed by atoms with van der Waals surface area (Å²) in [5.74, 6) is 0. The Bertz CT molecular complexity index is 574. The first-order valence-electron chi connectivity index (χ1n) is 4.85. The van der Waals surface area contributed by atoms with E-state index in [0.29, 0.717) is 17.2 Å². The monoisotopic (exact) mass is 351 g/mol. The summed E-state index contributed by atoms with van der Waals surface area (Å²) in [6.45, 7) is 0.424. The summed E-state index contributed by atoms with van der Waals surface area (Å²) in [6.07, 6.45) is 0.709. The van der Waals surface area contributed by atoms with Crippen LogP contribution in [0.25, 0.3) is 0 Å². The minimum absolute atomic E-state index is 0.366. The van der Waals surface area contributed by atoms with Crippen molar-refractivity contribution in [3.05, 3.63) is 38.3 Å². The van der Waals surface area contributed by atoms with Crippen molar-refractivity contribution < 1.29 is 8.42 Å². The van der Waals surface area contributed by atoms with Gasteiger partial charge in [-0.1, -0.05) is 6.07 Å². The van der Waals surface area contributed by atoms with Gasteiger partial charge in [-0.15, -0.1) is 22.7 Å². The number of nitrogens with one attached hydrogen (secondary N) is 1. The molecule has 0 atom stereocenters. The van der Waals surface area contributed by atoms with E-state index >= 15 is 0 Å². The Hall–Kier alpha value is -0.210. The SMILES string of the molecule is O=S(=O)(NCCc1ccc(Br)s1)c1cccs1. The van der Waals surface area contributed by atoms with Crippen molar-refractivity contribution in [2.75, 3.05) is 6.54 Å². The smallest absolute Gasteiger partial charge is 0.210 e. The lowest BCUT2D eigenvalue weighted by atomic mass is 10.3. The van der Waals surface area contributed by atoms with Gasteiger partial charge in [0.1, 0.15) is 4.21 Å². The topological polar surface area (TPSA) is 46.2 Å². The van der Waals surface area contributed by atoms with Crippen LogP contribution in [-0.2, 0) is 16.4 Å². The zero-order valence-corrected chi connectivity index (χ0v) is 12.8. The molecule has 2 aromatic rings. The molecule has 3 nitrogen and oxygen atoms in total. The lowest BCUT2D eigenvalue weighted by Gasteiger charge is -2.03. The number of hydrogen-bond donors (Lipinski definition) is 1. The van der Waals surface area contributed by atoms with Crippen LogP contribution >= 0.6 is 38.6 Å². The van der Waals surface area contributed by atoms with Crippen molar-refractivity contribution in [3.63, 3.8) is 0 Å². The zero-order valence-electron chi connectivity index (χ0n) is 8.72. The number of rotatable bonds is 5. The van der Waals surface area contributed by atoms with Crippen LogP contribution < -0.4 is 4.72 Å². The average molecular weight is 352 g/mol. The molecule has 2 aromatic heterocycles. The van der Waals surface area contributed by atoms with Gasteiger partial charge in [-0.2, -0.15) is 0 Å². The van der Waals surface area contributed by atoms with Crippen LogP contribution in [0.3, 0.4) is 0 Å². The second-order valence-corrected chi connectivity index (χ2v) is 8.77. The van der Waals surface area contributed by atoms with E-state index in [-0.39, 0.29) is 0 Å². The maximum absolute atomic E-state index is 11.8. The Labute approximate surface area is 117 Å². The molecule has 0 saturated heterocycles. The van der Waals surface area contributed by atoms with E-state index in [0.717, 1.165) is 8.66 Å². The van der Waals surface area contributed by atoms with Crippen LogP contribution in [0.15, 0.2) is 37.6 Å². The van der Waals surface area contributed by atoms with Crippen LogP contribution in [0.5, 0.6) is 0 Å². The van der Waals surface area contributed by atoms with Gasteiger partial charge in [0, 0.05) is 11.4 Å². The zero-order chi connectivity index (χ0) is 12.3. The van der Waals surface area contributed by atoms with Crippen LogP contribution in [0.2, 0.25) is 0 Å². The molecule has 7 heteroatoms. The Balaban J connectivity index is 1.91. The largest absolute Gasteiger partial charge is 0.250 e. The number of halogens is 1. The van der Waals surface area contributed by atoms with E-state index < -0.39 is 10.0 Å². The fourth-order valence-electron chi connectivity index (χ4n) is 1.28. The molecular formula is C10H10BrNO2S3. The molecule has 0 aliphatic carbocycles. The van der Waals surface area contributed by atoms with Gasteiger partial charge >= 0.3 is 0 Å². The second kappa shape index (κ2) is 5.62. The van der Waals surface area contributed by atoms with E-state index in [1.807, 2.05) is 12.1 Å². The van der Waals surface area contributed by atoms with Crippen molar-refractivity contribution in [1.82, 2.24) is 4.72 Å². The van der Waals surface area contributed by atoms with Gasteiger partial charge in [-0.05, 0) is 45.9 Å². The molecule has 0 aromatic carbocycles. The predicted octanol–water partition coefficient (Wildman–Crippen LogP) is 3.09. The van der Waals surface area contributed by atoms with E-state index in [2.05, 4.69) is 20.7 Å². The van der Waals surface area contributed by atoms with Gasteiger partial charge in [0.25, 0.3) is 0 Å². The lowest BCUT2D eigenvalue weighted by molar-refractivity contribution is 0.584. The first kappa shape index (κ1) is 13.2. The Morgan fingerprint density at radius 1 is 1.29 bits per heavy atom. The van der Waals surface area contributed by atoms with E-state index in [1.165, 1.54) is 11.3 Å². The van der Waals surface area contributed by atoms with Gasteiger partial charge < -0.3 is 0 Å². The number of sulfonamides is 1. The lowest BCUT2D eigenvalue weighted by Crippen LogP contribution is -2.25. The van der Waals surface area contributed by atoms with Crippen molar-refractivity contribution in [1.29, 1.82) is 0 Å². The standard InChI is InChI=1S/C10H10BrNO2S3/c11-9-4-3-8(16-9)5-6-12-17(13,14)10-2-1-7-15-10/h1-4,7,12H,5-6H2. The van der Waals surface area contributed by atoms with Gasteiger partial charge in [0.15, 0.2) is 0 Å². The fourth-order valence-corrected chi connectivity index (χ4v) is 4.83. The highest BCUT2D eigenvalue weighted by Crippen LogP contribution is 2.22. The molecule has 2 heterocycles. The van der Waals surface area contributed by atoms with E-state index in [4.69, 9.17) is 0 Å². The maximum Gasteiger partial charge on any atom is 0.250 e. The average Bonchev–Trinajstić information content (AvgIpc) is 2.89. The molecule has 0 aliphatic rings. The molecule has 2 rings (SSSR count). The molecular weight excluding hydrogens is 342 g/mol. The minimum Gasteiger partial charge on any atom is -0.210 e. The first-order chi connectivity index (χ1) is 8.08. The maximum atomic E-state index is 11.8. The third-order valence-corrected chi connectivity index (χ3v) is 6.59. The van der Waals surface area contributed by atoms with Crippen LogP contribution in [0, 0.1) is 0 Å². The van der Waals surface area contributed by atoms with Crippen molar-refractivity contribution >= 4 is 48.6 Å². The molecule has 0 radical (unpaired) electrons. The third-order valence-electron chi connectivity index (χ3n) is 2.05. The Kier molecular flexibility index (Phi) is 4.37. The molecule has 0 aliphatic heterocycles. The van der Waals surface area contributed by atoms with Crippen molar-refractivity contribution in [3.8, 4) is 0 Å². The first-order valence-corrected chi connectivity index (χ1v) is 8.82. The van der Waals surface area contributed by atoms with Gasteiger partial charge in [0.05, 0.1) is 3.79 Å². The molecule has 17 heavy (non-hydrogen) atoms. The normalized spacial score (nSPS) is 11.8. The summed E-state index contributed by atoms with van der Waals surface area (Å²) < 4.78 is 27.6. The van der Waals surface area contributed by atoms with Gasteiger partial charge in [-0.25, -0.2) is 13.1 Å². The highest BCUT2D eigenvalue weighted by atomic mass is 79.9. The Morgan fingerprint density at radius 2 is 2.12 bits per heavy atom. The van der Waals surface area contributed by atoms with E-state index in [9.17, 15) is 8.42 Å².